The molecule has 0 spiro atoms. The number of aromatic hydroxyl groups is 1. The molecule has 7 heteroatoms. The normalized spacial score (nSPS) is 11.7. The van der Waals surface area contributed by atoms with Crippen molar-refractivity contribution >= 4 is 28.6 Å². The highest BCUT2D eigenvalue weighted by Gasteiger charge is 2.23. The average Bonchev–Trinajstić information content (AvgIpc) is 3.21. The minimum atomic E-state index is -0.280. The van der Waals surface area contributed by atoms with Crippen molar-refractivity contribution in [2.75, 3.05) is 13.2 Å². The Labute approximate surface area is 206 Å². The van der Waals surface area contributed by atoms with E-state index in [1.165, 1.54) is 17.6 Å². The minimum Gasteiger partial charge on any atom is -0.505 e. The second-order valence-electron chi connectivity index (χ2n) is 9.70. The summed E-state index contributed by atoms with van der Waals surface area (Å²) in [6.07, 6.45) is 5.83. The lowest BCUT2D eigenvalue weighted by Gasteiger charge is -2.23. The molecule has 0 aliphatic carbocycles. The van der Waals surface area contributed by atoms with Gasteiger partial charge in [0.15, 0.2) is 0 Å². The maximum atomic E-state index is 11.2. The summed E-state index contributed by atoms with van der Waals surface area (Å²) >= 11 is 6.10. The lowest BCUT2D eigenvalue weighted by atomic mass is 9.84. The van der Waals surface area contributed by atoms with Crippen molar-refractivity contribution in [2.45, 2.75) is 71.6 Å². The van der Waals surface area contributed by atoms with Gasteiger partial charge in [0.05, 0.1) is 13.2 Å². The number of halogens is 1. The van der Waals surface area contributed by atoms with E-state index in [2.05, 4.69) is 37.9 Å². The summed E-state index contributed by atoms with van der Waals surface area (Å²) in [6, 6.07) is 9.21. The summed E-state index contributed by atoms with van der Waals surface area (Å²) in [6.45, 7) is 9.09. The van der Waals surface area contributed by atoms with Gasteiger partial charge in [0.1, 0.15) is 28.4 Å². The summed E-state index contributed by atoms with van der Waals surface area (Å²) in [5.41, 5.74) is 4.08. The van der Waals surface area contributed by atoms with E-state index >= 15 is 0 Å². The summed E-state index contributed by atoms with van der Waals surface area (Å²) < 4.78 is 5.80. The number of hydrogen-bond acceptors (Lipinski definition) is 5. The first kappa shape index (κ1) is 26.0. The van der Waals surface area contributed by atoms with Crippen molar-refractivity contribution in [3.05, 3.63) is 52.1 Å². The fourth-order valence-corrected chi connectivity index (χ4v) is 4.01. The standard InChI is InChI=1S/C27H34ClN3O3/c1-5-6-7-8-9-20(17-32)18-34-13-12-19-14-22(27(2,3)4)26(33)25(15-19)31-29-23-11-10-21(28)16-24(23)30-31/h10-11,14-16,33H,5-9,12-13,18H2,1-4H3. The van der Waals surface area contributed by atoms with Crippen molar-refractivity contribution in [3.63, 3.8) is 0 Å². The van der Waals surface area contributed by atoms with E-state index in [4.69, 9.17) is 16.3 Å². The van der Waals surface area contributed by atoms with E-state index in [0.29, 0.717) is 47.0 Å². The molecule has 0 bridgehead atoms. The molecule has 2 aromatic carbocycles. The zero-order valence-corrected chi connectivity index (χ0v) is 21.3. The van der Waals surface area contributed by atoms with Gasteiger partial charge in [-0.15, -0.1) is 15.0 Å². The topological polar surface area (TPSA) is 77.2 Å². The number of phenolic OH excluding ortho intramolecular Hbond substituents is 1. The number of phenols is 1. The summed E-state index contributed by atoms with van der Waals surface area (Å²) in [5.74, 6) is 2.20. The van der Waals surface area contributed by atoms with Crippen LogP contribution in [0.1, 0.15) is 70.9 Å². The van der Waals surface area contributed by atoms with Gasteiger partial charge in [0.25, 0.3) is 0 Å². The third-order valence-electron chi connectivity index (χ3n) is 5.80. The Morgan fingerprint density at radius 1 is 1.12 bits per heavy atom. The van der Waals surface area contributed by atoms with Gasteiger partial charge in [-0.25, -0.2) is 4.79 Å². The minimum absolute atomic E-state index is 0.154. The Morgan fingerprint density at radius 2 is 1.88 bits per heavy atom. The molecule has 0 unspecified atom stereocenters. The van der Waals surface area contributed by atoms with Gasteiger partial charge >= 0.3 is 0 Å². The van der Waals surface area contributed by atoms with Crippen LogP contribution in [-0.4, -0.2) is 39.3 Å². The molecule has 0 aliphatic rings. The van der Waals surface area contributed by atoms with E-state index in [1.807, 2.05) is 18.1 Å². The largest absolute Gasteiger partial charge is 0.505 e. The fourth-order valence-electron chi connectivity index (χ4n) is 3.84. The van der Waals surface area contributed by atoms with E-state index < -0.39 is 0 Å². The number of rotatable bonds is 11. The average molecular weight is 484 g/mol. The van der Waals surface area contributed by atoms with E-state index in [9.17, 15) is 9.90 Å². The van der Waals surface area contributed by atoms with E-state index in [0.717, 1.165) is 30.4 Å². The van der Waals surface area contributed by atoms with Crippen LogP contribution in [0, 0.1) is 0 Å². The van der Waals surface area contributed by atoms with Gasteiger partial charge in [0.2, 0.25) is 0 Å². The van der Waals surface area contributed by atoms with Crippen molar-refractivity contribution in [1.29, 1.82) is 0 Å². The van der Waals surface area contributed by atoms with Crippen molar-refractivity contribution in [2.24, 2.45) is 0 Å². The van der Waals surface area contributed by atoms with Crippen LogP contribution in [0.3, 0.4) is 0 Å². The Hall–Kier alpha value is -2.66. The molecule has 1 N–H and O–H groups in total. The first-order valence-corrected chi connectivity index (χ1v) is 12.3. The molecule has 182 valence electrons. The third kappa shape index (κ3) is 6.69. The van der Waals surface area contributed by atoms with Gasteiger partial charge in [-0.2, -0.15) is 0 Å². The molecule has 34 heavy (non-hydrogen) atoms. The maximum Gasteiger partial charge on any atom is 0.146 e. The van der Waals surface area contributed by atoms with Gasteiger partial charge in [-0.1, -0.05) is 64.6 Å². The molecule has 0 amide bonds. The predicted octanol–water partition coefficient (Wildman–Crippen LogP) is 6.36. The highest BCUT2D eigenvalue weighted by Crippen LogP contribution is 2.36. The van der Waals surface area contributed by atoms with Crippen molar-refractivity contribution in [1.82, 2.24) is 15.0 Å². The summed E-state index contributed by atoms with van der Waals surface area (Å²) in [7, 11) is 0. The summed E-state index contributed by atoms with van der Waals surface area (Å²) in [5, 5.41) is 20.7. The molecule has 0 saturated heterocycles. The maximum absolute atomic E-state index is 11.2. The van der Waals surface area contributed by atoms with E-state index in [-0.39, 0.29) is 11.2 Å². The third-order valence-corrected chi connectivity index (χ3v) is 6.04. The Balaban J connectivity index is 1.76. The van der Waals surface area contributed by atoms with Crippen molar-refractivity contribution in [3.8, 4) is 11.4 Å². The molecule has 1 heterocycles. The van der Waals surface area contributed by atoms with Crippen LogP contribution in [0.5, 0.6) is 5.75 Å². The first-order chi connectivity index (χ1) is 16.2. The Kier molecular flexibility index (Phi) is 8.90. The second kappa shape index (κ2) is 11.7. The number of aromatic nitrogens is 3. The quantitative estimate of drug-likeness (QED) is 0.253. The monoisotopic (exact) mass is 483 g/mol. The zero-order valence-electron chi connectivity index (χ0n) is 20.5. The van der Waals surface area contributed by atoms with Crippen LogP contribution >= 0.6 is 11.6 Å². The molecule has 0 atom stereocenters. The number of hydrogen-bond donors (Lipinski definition) is 1. The fraction of sp³-hybridized carbons (Fsp3) is 0.481. The molecule has 0 radical (unpaired) electrons. The number of fused-ring (bicyclic) bond motifs is 1. The molecule has 0 saturated carbocycles. The molecule has 1 aromatic heterocycles. The van der Waals surface area contributed by atoms with Gasteiger partial charge in [-0.3, -0.25) is 0 Å². The number of unbranched alkanes of at least 4 members (excludes halogenated alkanes) is 3. The summed E-state index contributed by atoms with van der Waals surface area (Å²) in [4.78, 5) is 12.7. The van der Waals surface area contributed by atoms with Crippen LogP contribution < -0.4 is 0 Å². The first-order valence-electron chi connectivity index (χ1n) is 11.9. The lowest BCUT2D eigenvalue weighted by molar-refractivity contribution is 0.158. The van der Waals surface area contributed by atoms with Crippen LogP contribution in [0.15, 0.2) is 35.9 Å². The second-order valence-corrected chi connectivity index (χ2v) is 10.1. The molecular formula is C27H34ClN3O3. The van der Waals surface area contributed by atoms with Crippen LogP contribution in [0.25, 0.3) is 16.7 Å². The zero-order chi connectivity index (χ0) is 24.7. The molecule has 3 aromatic rings. The van der Waals surface area contributed by atoms with Gasteiger partial charge in [0, 0.05) is 16.2 Å². The molecule has 0 aliphatic heterocycles. The number of benzene rings is 2. The molecule has 6 nitrogen and oxygen atoms in total. The number of carbonyl (C=O) groups excluding carboxylic acids is 1. The highest BCUT2D eigenvalue weighted by atomic mass is 35.5. The predicted molar refractivity (Wildman–Crippen MR) is 137 cm³/mol. The number of ether oxygens (including phenoxy) is 1. The van der Waals surface area contributed by atoms with Crippen LogP contribution in [-0.2, 0) is 21.4 Å². The van der Waals surface area contributed by atoms with Crippen LogP contribution in [0.2, 0.25) is 5.02 Å². The van der Waals surface area contributed by atoms with Gasteiger partial charge < -0.3 is 9.84 Å². The number of nitrogens with zero attached hydrogens (tertiary/aromatic N) is 3. The highest BCUT2D eigenvalue weighted by molar-refractivity contribution is 6.31. The SMILES string of the molecule is CCCCCCC(=C=O)COCCc1cc(-n2nc3ccc(Cl)cc3n2)c(O)c(C(C)(C)C)c1. The lowest BCUT2D eigenvalue weighted by Crippen LogP contribution is -2.14. The smallest absolute Gasteiger partial charge is 0.146 e. The van der Waals surface area contributed by atoms with Crippen LogP contribution in [0.4, 0.5) is 0 Å². The van der Waals surface area contributed by atoms with E-state index in [1.54, 1.807) is 18.2 Å². The Bertz CT molecular complexity index is 1170. The Morgan fingerprint density at radius 3 is 2.59 bits per heavy atom. The molecular weight excluding hydrogens is 450 g/mol. The molecule has 3 rings (SSSR count). The molecule has 0 fully saturated rings. The van der Waals surface area contributed by atoms with Gasteiger partial charge in [-0.05, 0) is 54.5 Å². The van der Waals surface area contributed by atoms with Crippen molar-refractivity contribution < 1.29 is 14.6 Å².